The standard InChI is InChI=1S/C13H17N3O2/c14-16-15-12-8-11(6-7-13(12)17)18-9-10-4-2-1-3-5-10/h1-5,11-13,17H,6-9H2/t11-,12-,13-/m1/s1. The molecule has 0 radical (unpaired) electrons. The van der Waals surface area contributed by atoms with Gasteiger partial charge in [0.25, 0.3) is 0 Å². The Kier molecular flexibility index (Phi) is 4.59. The highest BCUT2D eigenvalue weighted by Gasteiger charge is 2.28. The van der Waals surface area contributed by atoms with Crippen molar-refractivity contribution in [1.82, 2.24) is 0 Å². The lowest BCUT2D eigenvalue weighted by atomic mass is 9.91. The summed E-state index contributed by atoms with van der Waals surface area (Å²) in [5, 5.41) is 13.3. The normalized spacial score (nSPS) is 27.5. The molecule has 96 valence electrons. The lowest BCUT2D eigenvalue weighted by Gasteiger charge is -2.30. The summed E-state index contributed by atoms with van der Waals surface area (Å²) >= 11 is 0. The van der Waals surface area contributed by atoms with Crippen molar-refractivity contribution in [2.75, 3.05) is 0 Å². The zero-order valence-electron chi connectivity index (χ0n) is 10.1. The first-order chi connectivity index (χ1) is 8.79. The van der Waals surface area contributed by atoms with Gasteiger partial charge in [-0.25, -0.2) is 0 Å². The molecule has 3 atom stereocenters. The third-order valence-electron chi connectivity index (χ3n) is 3.26. The zero-order chi connectivity index (χ0) is 12.8. The van der Waals surface area contributed by atoms with Crippen LogP contribution in [0, 0.1) is 0 Å². The maximum atomic E-state index is 9.68. The summed E-state index contributed by atoms with van der Waals surface area (Å²) in [6, 6.07) is 9.60. The summed E-state index contributed by atoms with van der Waals surface area (Å²) in [4.78, 5) is 2.77. The van der Waals surface area contributed by atoms with E-state index in [9.17, 15) is 5.11 Å². The number of hydrogen-bond donors (Lipinski definition) is 1. The molecule has 5 nitrogen and oxygen atoms in total. The van der Waals surface area contributed by atoms with Crippen molar-refractivity contribution in [1.29, 1.82) is 0 Å². The Morgan fingerprint density at radius 2 is 2.11 bits per heavy atom. The van der Waals surface area contributed by atoms with E-state index in [1.807, 2.05) is 30.3 Å². The molecule has 0 aliphatic heterocycles. The van der Waals surface area contributed by atoms with Gasteiger partial charge in [0, 0.05) is 4.91 Å². The molecular formula is C13H17N3O2. The number of benzene rings is 1. The highest BCUT2D eigenvalue weighted by Crippen LogP contribution is 2.25. The van der Waals surface area contributed by atoms with Gasteiger partial charge in [0.2, 0.25) is 0 Å². The quantitative estimate of drug-likeness (QED) is 0.504. The topological polar surface area (TPSA) is 78.2 Å². The molecular weight excluding hydrogens is 230 g/mol. The lowest BCUT2D eigenvalue weighted by Crippen LogP contribution is -2.35. The van der Waals surface area contributed by atoms with E-state index >= 15 is 0 Å². The van der Waals surface area contributed by atoms with Gasteiger partial charge in [-0.2, -0.15) is 0 Å². The highest BCUT2D eigenvalue weighted by atomic mass is 16.5. The second-order valence-electron chi connectivity index (χ2n) is 4.57. The van der Waals surface area contributed by atoms with Crippen LogP contribution in [0.5, 0.6) is 0 Å². The van der Waals surface area contributed by atoms with Crippen LogP contribution in [-0.4, -0.2) is 23.4 Å². The minimum absolute atomic E-state index is 0.0594. The van der Waals surface area contributed by atoms with Crippen LogP contribution >= 0.6 is 0 Å². The van der Waals surface area contributed by atoms with E-state index in [4.69, 9.17) is 10.3 Å². The van der Waals surface area contributed by atoms with Crippen LogP contribution < -0.4 is 0 Å². The summed E-state index contributed by atoms with van der Waals surface area (Å²) in [7, 11) is 0. The van der Waals surface area contributed by atoms with Crippen LogP contribution in [0.4, 0.5) is 0 Å². The molecule has 0 aromatic heterocycles. The number of aliphatic hydroxyl groups excluding tert-OH is 1. The monoisotopic (exact) mass is 247 g/mol. The molecule has 18 heavy (non-hydrogen) atoms. The van der Waals surface area contributed by atoms with E-state index < -0.39 is 6.10 Å². The van der Waals surface area contributed by atoms with Gasteiger partial charge < -0.3 is 9.84 Å². The highest BCUT2D eigenvalue weighted by molar-refractivity contribution is 5.13. The van der Waals surface area contributed by atoms with Crippen molar-refractivity contribution in [2.45, 2.75) is 44.1 Å². The Bertz CT molecular complexity index is 418. The van der Waals surface area contributed by atoms with E-state index in [-0.39, 0.29) is 12.1 Å². The molecule has 0 unspecified atom stereocenters. The van der Waals surface area contributed by atoms with Gasteiger partial charge in [0.05, 0.1) is 24.9 Å². The van der Waals surface area contributed by atoms with Crippen LogP contribution in [0.1, 0.15) is 24.8 Å². The molecule has 1 saturated carbocycles. The van der Waals surface area contributed by atoms with Crippen molar-refractivity contribution in [2.24, 2.45) is 5.11 Å². The first-order valence-corrected chi connectivity index (χ1v) is 6.17. The fourth-order valence-electron chi connectivity index (χ4n) is 2.22. The molecule has 0 saturated heterocycles. The SMILES string of the molecule is [N-]=[N+]=N[C@@H]1C[C@H](OCc2ccccc2)CC[C@H]1O. The Morgan fingerprint density at radius 1 is 1.33 bits per heavy atom. The minimum Gasteiger partial charge on any atom is -0.393 e. The van der Waals surface area contributed by atoms with Crippen molar-refractivity contribution in [3.63, 3.8) is 0 Å². The number of azide groups is 1. The van der Waals surface area contributed by atoms with Crippen molar-refractivity contribution >= 4 is 0 Å². The first kappa shape index (κ1) is 12.9. The number of aliphatic hydroxyl groups is 1. The smallest absolute Gasteiger partial charge is 0.0720 e. The number of ether oxygens (including phenoxy) is 1. The van der Waals surface area contributed by atoms with Gasteiger partial charge >= 0.3 is 0 Å². The zero-order valence-corrected chi connectivity index (χ0v) is 10.1. The predicted molar refractivity (Wildman–Crippen MR) is 67.8 cm³/mol. The fourth-order valence-corrected chi connectivity index (χ4v) is 2.22. The summed E-state index contributed by atoms with van der Waals surface area (Å²) in [6.07, 6.45) is 1.56. The molecule has 5 heteroatoms. The summed E-state index contributed by atoms with van der Waals surface area (Å²) in [5.74, 6) is 0. The van der Waals surface area contributed by atoms with E-state index in [0.717, 1.165) is 12.0 Å². The molecule has 1 aromatic rings. The van der Waals surface area contributed by atoms with Crippen LogP contribution in [-0.2, 0) is 11.3 Å². The van der Waals surface area contributed by atoms with Gasteiger partial charge in [-0.15, -0.1) is 0 Å². The lowest BCUT2D eigenvalue weighted by molar-refractivity contribution is -0.0207. The third-order valence-corrected chi connectivity index (χ3v) is 3.26. The van der Waals surface area contributed by atoms with Gasteiger partial charge in [0.1, 0.15) is 0 Å². The minimum atomic E-state index is -0.530. The number of rotatable bonds is 4. The van der Waals surface area contributed by atoms with E-state index in [1.165, 1.54) is 0 Å². The molecule has 1 aromatic carbocycles. The van der Waals surface area contributed by atoms with Crippen LogP contribution in [0.15, 0.2) is 35.4 Å². The molecule has 2 rings (SSSR count). The Morgan fingerprint density at radius 3 is 2.83 bits per heavy atom. The molecule has 0 amide bonds. The summed E-state index contributed by atoms with van der Waals surface area (Å²) in [5.41, 5.74) is 9.57. The second kappa shape index (κ2) is 6.40. The predicted octanol–water partition coefficient (Wildman–Crippen LogP) is 2.80. The molecule has 0 spiro atoms. The molecule has 1 N–H and O–H groups in total. The van der Waals surface area contributed by atoms with Crippen LogP contribution in [0.2, 0.25) is 0 Å². The Hall–Kier alpha value is -1.55. The Labute approximate surface area is 106 Å². The Balaban J connectivity index is 1.85. The first-order valence-electron chi connectivity index (χ1n) is 6.17. The van der Waals surface area contributed by atoms with Crippen LogP contribution in [0.3, 0.4) is 0 Å². The summed E-state index contributed by atoms with van der Waals surface area (Å²) < 4.78 is 5.80. The van der Waals surface area contributed by atoms with Gasteiger partial charge in [-0.1, -0.05) is 35.4 Å². The molecule has 0 bridgehead atoms. The van der Waals surface area contributed by atoms with E-state index in [1.54, 1.807) is 0 Å². The van der Waals surface area contributed by atoms with E-state index in [0.29, 0.717) is 19.4 Å². The average Bonchev–Trinajstić information content (AvgIpc) is 2.41. The number of hydrogen-bond acceptors (Lipinski definition) is 3. The van der Waals surface area contributed by atoms with Gasteiger partial charge in [0.15, 0.2) is 0 Å². The van der Waals surface area contributed by atoms with Crippen molar-refractivity contribution < 1.29 is 9.84 Å². The van der Waals surface area contributed by atoms with Crippen molar-refractivity contribution in [3.8, 4) is 0 Å². The van der Waals surface area contributed by atoms with Gasteiger partial charge in [-0.05, 0) is 30.4 Å². The van der Waals surface area contributed by atoms with Crippen LogP contribution in [0.25, 0.3) is 10.4 Å². The number of nitrogens with zero attached hydrogens (tertiary/aromatic N) is 3. The molecule has 0 heterocycles. The van der Waals surface area contributed by atoms with E-state index in [2.05, 4.69) is 10.0 Å². The summed E-state index contributed by atoms with van der Waals surface area (Å²) in [6.45, 7) is 0.560. The fraction of sp³-hybridized carbons (Fsp3) is 0.538. The average molecular weight is 247 g/mol. The largest absolute Gasteiger partial charge is 0.393 e. The third kappa shape index (κ3) is 3.47. The molecule has 1 aliphatic rings. The van der Waals surface area contributed by atoms with Crippen molar-refractivity contribution in [3.05, 3.63) is 46.3 Å². The maximum absolute atomic E-state index is 9.68. The molecule has 1 fully saturated rings. The maximum Gasteiger partial charge on any atom is 0.0720 e. The molecule has 1 aliphatic carbocycles. The second-order valence-corrected chi connectivity index (χ2v) is 4.57. The van der Waals surface area contributed by atoms with Gasteiger partial charge in [-0.3, -0.25) is 0 Å².